The molecule has 0 aromatic heterocycles. The van der Waals surface area contributed by atoms with Gasteiger partial charge in [-0.3, -0.25) is 19.2 Å². The highest BCUT2D eigenvalue weighted by Crippen LogP contribution is 2.14. The summed E-state index contributed by atoms with van der Waals surface area (Å²) in [6, 6.07) is -0.690. The van der Waals surface area contributed by atoms with Gasteiger partial charge >= 0.3 is 5.97 Å². The van der Waals surface area contributed by atoms with Crippen LogP contribution in [0.15, 0.2) is 0 Å². The van der Waals surface area contributed by atoms with E-state index in [1.807, 2.05) is 0 Å². The first kappa shape index (κ1) is 46.9. The monoisotopic (exact) mass is 694 g/mol. The van der Waals surface area contributed by atoms with Crippen molar-refractivity contribution in [3.63, 3.8) is 0 Å². The molecule has 288 valence electrons. The Kier molecular flexibility index (Phi) is 35.5. The van der Waals surface area contributed by atoms with Crippen LogP contribution in [0.2, 0.25) is 0 Å². The van der Waals surface area contributed by atoms with Crippen molar-refractivity contribution in [1.82, 2.24) is 16.0 Å². The van der Waals surface area contributed by atoms with Crippen molar-refractivity contribution < 1.29 is 24.3 Å². The Balaban J connectivity index is 4.03. The highest BCUT2D eigenvalue weighted by molar-refractivity contribution is 5.87. The number of hydrogen-bond donors (Lipinski definition) is 4. The van der Waals surface area contributed by atoms with Crippen molar-refractivity contribution in [3.05, 3.63) is 0 Å². The quantitative estimate of drug-likeness (QED) is 0.0479. The summed E-state index contributed by atoms with van der Waals surface area (Å²) >= 11 is 0. The summed E-state index contributed by atoms with van der Waals surface area (Å²) in [5.74, 6) is -1.37. The lowest BCUT2D eigenvalue weighted by Crippen LogP contribution is -2.47. The zero-order chi connectivity index (χ0) is 36.0. The highest BCUT2D eigenvalue weighted by Gasteiger charge is 2.20. The van der Waals surface area contributed by atoms with Gasteiger partial charge < -0.3 is 21.1 Å². The molecule has 0 spiro atoms. The number of carboxylic acid groups (broad SMARTS) is 1. The van der Waals surface area contributed by atoms with Gasteiger partial charge in [-0.25, -0.2) is 0 Å². The second-order valence-corrected chi connectivity index (χ2v) is 14.4. The van der Waals surface area contributed by atoms with Gasteiger partial charge in [-0.1, -0.05) is 168 Å². The molecule has 0 aromatic rings. The molecule has 8 heteroatoms. The largest absolute Gasteiger partial charge is 0.481 e. The Hall–Kier alpha value is -2.12. The van der Waals surface area contributed by atoms with Gasteiger partial charge in [-0.2, -0.15) is 0 Å². The summed E-state index contributed by atoms with van der Waals surface area (Å²) in [7, 11) is 0. The number of amides is 3. The number of carbonyl (C=O) groups excluding carboxylic acids is 3. The molecule has 4 N–H and O–H groups in total. The molecular formula is C41H79N3O5. The van der Waals surface area contributed by atoms with Crippen LogP contribution in [-0.2, 0) is 19.2 Å². The first-order valence-electron chi connectivity index (χ1n) is 21.0. The van der Waals surface area contributed by atoms with Crippen molar-refractivity contribution in [1.29, 1.82) is 0 Å². The molecule has 8 nitrogen and oxygen atoms in total. The minimum Gasteiger partial charge on any atom is -0.481 e. The molecule has 0 radical (unpaired) electrons. The van der Waals surface area contributed by atoms with Gasteiger partial charge in [-0.05, 0) is 32.1 Å². The summed E-state index contributed by atoms with van der Waals surface area (Å²) in [6.07, 6.45) is 35.5. The molecule has 0 aromatic carbocycles. The summed E-state index contributed by atoms with van der Waals surface area (Å²) in [5.41, 5.74) is 0. The average molecular weight is 694 g/mol. The first-order chi connectivity index (χ1) is 23.9. The molecule has 0 aliphatic rings. The van der Waals surface area contributed by atoms with Crippen molar-refractivity contribution in [2.45, 2.75) is 225 Å². The van der Waals surface area contributed by atoms with Crippen LogP contribution in [0.1, 0.15) is 219 Å². The molecule has 0 aliphatic carbocycles. The molecule has 0 saturated carbocycles. The fourth-order valence-electron chi connectivity index (χ4n) is 6.35. The maximum atomic E-state index is 12.7. The maximum Gasteiger partial charge on any atom is 0.305 e. The molecule has 0 aliphatic heterocycles. The predicted molar refractivity (Wildman–Crippen MR) is 205 cm³/mol. The number of nitrogens with one attached hydrogen (secondary N) is 3. The predicted octanol–water partition coefficient (Wildman–Crippen LogP) is 10.3. The molecule has 0 saturated heterocycles. The number of aliphatic carboxylic acids is 1. The van der Waals surface area contributed by atoms with Crippen LogP contribution in [0.3, 0.4) is 0 Å². The van der Waals surface area contributed by atoms with E-state index in [-0.39, 0.29) is 30.7 Å². The van der Waals surface area contributed by atoms with Crippen LogP contribution in [-0.4, -0.2) is 47.9 Å². The number of hydrogen-bond acceptors (Lipinski definition) is 4. The van der Waals surface area contributed by atoms with Crippen molar-refractivity contribution in [3.8, 4) is 0 Å². The smallest absolute Gasteiger partial charge is 0.305 e. The van der Waals surface area contributed by atoms with Crippen molar-refractivity contribution in [2.24, 2.45) is 0 Å². The number of unbranched alkanes of at least 4 members (excludes halogenated alkanes) is 25. The fraction of sp³-hybridized carbons (Fsp3) is 0.902. The van der Waals surface area contributed by atoms with E-state index in [0.29, 0.717) is 32.2 Å². The van der Waals surface area contributed by atoms with Crippen LogP contribution in [0, 0.1) is 0 Å². The second kappa shape index (κ2) is 37.1. The van der Waals surface area contributed by atoms with E-state index in [2.05, 4.69) is 29.8 Å². The lowest BCUT2D eigenvalue weighted by molar-refractivity contribution is -0.137. The van der Waals surface area contributed by atoms with E-state index in [1.54, 1.807) is 0 Å². The van der Waals surface area contributed by atoms with E-state index in [0.717, 1.165) is 38.5 Å². The summed E-state index contributed by atoms with van der Waals surface area (Å²) in [5, 5.41) is 17.4. The number of rotatable bonds is 38. The van der Waals surface area contributed by atoms with E-state index in [4.69, 9.17) is 5.11 Å². The van der Waals surface area contributed by atoms with E-state index >= 15 is 0 Å². The zero-order valence-corrected chi connectivity index (χ0v) is 32.2. The van der Waals surface area contributed by atoms with Crippen LogP contribution in [0.4, 0.5) is 0 Å². The maximum absolute atomic E-state index is 12.7. The van der Waals surface area contributed by atoms with Gasteiger partial charge in [0.05, 0.1) is 6.42 Å². The third kappa shape index (κ3) is 35.5. The molecule has 3 amide bonds. The molecule has 0 heterocycles. The minimum atomic E-state index is -0.974. The molecule has 0 rings (SSSR count). The fourth-order valence-corrected chi connectivity index (χ4v) is 6.35. The molecule has 0 unspecified atom stereocenters. The van der Waals surface area contributed by atoms with Crippen LogP contribution in [0.25, 0.3) is 0 Å². The van der Waals surface area contributed by atoms with Gasteiger partial charge in [0.25, 0.3) is 0 Å². The highest BCUT2D eigenvalue weighted by atomic mass is 16.4. The Morgan fingerprint density at radius 1 is 0.429 bits per heavy atom. The molecule has 0 bridgehead atoms. The van der Waals surface area contributed by atoms with Crippen LogP contribution < -0.4 is 16.0 Å². The second-order valence-electron chi connectivity index (χ2n) is 14.4. The lowest BCUT2D eigenvalue weighted by Gasteiger charge is -2.18. The third-order valence-electron chi connectivity index (χ3n) is 9.55. The van der Waals surface area contributed by atoms with E-state index < -0.39 is 12.0 Å². The molecule has 49 heavy (non-hydrogen) atoms. The zero-order valence-electron chi connectivity index (χ0n) is 32.2. The Morgan fingerprint density at radius 3 is 1.22 bits per heavy atom. The molecular weight excluding hydrogens is 614 g/mol. The molecule has 1 atom stereocenters. The van der Waals surface area contributed by atoms with Crippen molar-refractivity contribution in [2.75, 3.05) is 13.1 Å². The lowest BCUT2D eigenvalue weighted by atomic mass is 10.0. The van der Waals surface area contributed by atoms with Gasteiger partial charge in [0.2, 0.25) is 17.7 Å². The Labute approximate surface area is 301 Å². The Morgan fingerprint density at radius 2 is 0.816 bits per heavy atom. The summed E-state index contributed by atoms with van der Waals surface area (Å²) in [4.78, 5) is 48.5. The summed E-state index contributed by atoms with van der Waals surface area (Å²) in [6.45, 7) is 5.10. The number of carbonyl (C=O) groups is 4. The topological polar surface area (TPSA) is 125 Å². The standard InChI is InChI=1S/C41H79N3O5/c1-3-5-7-9-11-13-15-17-19-21-23-25-27-32-38(45)42-35-30-29-31-37(41(49)43-36-34-40(47)48)44-39(46)33-28-26-24-22-20-18-16-14-12-10-8-6-4-2/h37H,3-36H2,1-2H3,(H,42,45)(H,43,49)(H,44,46)(H,47,48)/t37-/m0/s1. The van der Waals surface area contributed by atoms with Gasteiger partial charge in [0.15, 0.2) is 0 Å². The average Bonchev–Trinajstić information content (AvgIpc) is 3.08. The molecule has 0 fully saturated rings. The van der Waals surface area contributed by atoms with Gasteiger partial charge in [0, 0.05) is 25.9 Å². The normalized spacial score (nSPS) is 11.7. The number of carboxylic acids is 1. The van der Waals surface area contributed by atoms with Crippen LogP contribution >= 0.6 is 0 Å². The third-order valence-corrected chi connectivity index (χ3v) is 9.55. The van der Waals surface area contributed by atoms with Crippen molar-refractivity contribution >= 4 is 23.7 Å². The van der Waals surface area contributed by atoms with E-state index in [1.165, 1.54) is 135 Å². The van der Waals surface area contributed by atoms with E-state index in [9.17, 15) is 19.2 Å². The first-order valence-corrected chi connectivity index (χ1v) is 21.0. The summed E-state index contributed by atoms with van der Waals surface area (Å²) < 4.78 is 0. The van der Waals surface area contributed by atoms with Crippen LogP contribution in [0.5, 0.6) is 0 Å². The van der Waals surface area contributed by atoms with Gasteiger partial charge in [-0.15, -0.1) is 0 Å². The Bertz CT molecular complexity index is 791. The SMILES string of the molecule is CCCCCCCCCCCCCCCC(=O)NCCCC[C@H](NC(=O)CCCCCCCCCCCCCCC)C(=O)NCCC(=O)O. The minimum absolute atomic E-state index is 0.0364. The van der Waals surface area contributed by atoms with Gasteiger partial charge in [0.1, 0.15) is 6.04 Å².